The summed E-state index contributed by atoms with van der Waals surface area (Å²) in [7, 11) is 0. The lowest BCUT2D eigenvalue weighted by atomic mass is 9.91. The Bertz CT molecular complexity index is 942. The van der Waals surface area contributed by atoms with E-state index < -0.39 is 0 Å². The average molecular weight is 354 g/mol. The third-order valence-corrected chi connectivity index (χ3v) is 6.41. The highest BCUT2D eigenvalue weighted by atomic mass is 35.5. The Balaban J connectivity index is 1.45. The first-order valence-electron chi connectivity index (χ1n) is 8.87. The Labute approximate surface area is 151 Å². The van der Waals surface area contributed by atoms with Gasteiger partial charge in [-0.25, -0.2) is 9.97 Å². The summed E-state index contributed by atoms with van der Waals surface area (Å²) in [6.07, 6.45) is 5.79. The van der Waals surface area contributed by atoms with Crippen LogP contribution >= 0.6 is 11.6 Å². The van der Waals surface area contributed by atoms with Crippen molar-refractivity contribution < 1.29 is 0 Å². The van der Waals surface area contributed by atoms with E-state index in [0.29, 0.717) is 16.1 Å². The van der Waals surface area contributed by atoms with Gasteiger partial charge in [-0.1, -0.05) is 36.7 Å². The number of hydrogen-bond acceptors (Lipinski definition) is 4. The summed E-state index contributed by atoms with van der Waals surface area (Å²) >= 11 is 6.31. The van der Waals surface area contributed by atoms with E-state index in [0.717, 1.165) is 41.6 Å². The van der Waals surface area contributed by atoms with Gasteiger partial charge in [-0.15, -0.1) is 0 Å². The molecule has 1 aliphatic heterocycles. The van der Waals surface area contributed by atoms with E-state index >= 15 is 0 Å². The summed E-state index contributed by atoms with van der Waals surface area (Å²) < 4.78 is 0. The maximum Gasteiger partial charge on any atom is 0.202 e. The molecule has 2 aliphatic rings. The second kappa shape index (κ2) is 5.43. The third-order valence-electron chi connectivity index (χ3n) is 6.08. The number of H-pyrrole nitrogens is 1. The van der Waals surface area contributed by atoms with Crippen molar-refractivity contribution in [1.82, 2.24) is 20.2 Å². The Morgan fingerprint density at radius 3 is 2.72 bits per heavy atom. The van der Waals surface area contributed by atoms with Crippen molar-refractivity contribution in [2.45, 2.75) is 26.2 Å². The zero-order valence-corrected chi connectivity index (χ0v) is 14.9. The van der Waals surface area contributed by atoms with Crippen LogP contribution in [0, 0.1) is 11.3 Å². The molecule has 1 atom stereocenters. The zero-order chi connectivity index (χ0) is 17.0. The second-order valence-electron chi connectivity index (χ2n) is 7.43. The van der Waals surface area contributed by atoms with Crippen LogP contribution in [0.2, 0.25) is 5.02 Å². The largest absolute Gasteiger partial charge is 0.355 e. The van der Waals surface area contributed by atoms with Gasteiger partial charge in [0.1, 0.15) is 11.3 Å². The number of nitrogens with zero attached hydrogens (tertiary/aromatic N) is 4. The number of aromatic nitrogens is 4. The maximum atomic E-state index is 6.31. The Morgan fingerprint density at radius 1 is 1.24 bits per heavy atom. The van der Waals surface area contributed by atoms with E-state index in [1.54, 1.807) is 0 Å². The first-order valence-corrected chi connectivity index (χ1v) is 9.25. The Hall–Kier alpha value is -2.14. The fourth-order valence-electron chi connectivity index (χ4n) is 4.22. The van der Waals surface area contributed by atoms with E-state index in [4.69, 9.17) is 16.6 Å². The van der Waals surface area contributed by atoms with Crippen molar-refractivity contribution in [2.75, 3.05) is 18.0 Å². The summed E-state index contributed by atoms with van der Waals surface area (Å²) in [5.74, 6) is 1.82. The maximum absolute atomic E-state index is 6.31. The minimum atomic E-state index is 0.623. The first kappa shape index (κ1) is 15.1. The highest BCUT2D eigenvalue weighted by molar-refractivity contribution is 6.33. The molecule has 25 heavy (non-hydrogen) atoms. The predicted molar refractivity (Wildman–Crippen MR) is 99.8 cm³/mol. The Morgan fingerprint density at radius 2 is 2.00 bits per heavy atom. The lowest BCUT2D eigenvalue weighted by Gasteiger charge is -2.33. The van der Waals surface area contributed by atoms with Crippen LogP contribution in [0.3, 0.4) is 0 Å². The summed E-state index contributed by atoms with van der Waals surface area (Å²) in [4.78, 5) is 11.7. The standard InChI is InChI=1S/C19H20ClN5/c1-12-10-19(12)6-8-25(9-7-19)15-11-21-17-16(23-24-18(17)22-15)13-4-2-3-5-14(13)20/h2-5,11-12H,6-10H2,1H3,(H,22,23,24). The van der Waals surface area contributed by atoms with E-state index in [1.165, 1.54) is 19.3 Å². The average Bonchev–Trinajstić information content (AvgIpc) is 3.06. The van der Waals surface area contributed by atoms with Crippen LogP contribution < -0.4 is 4.90 Å². The van der Waals surface area contributed by atoms with E-state index in [-0.39, 0.29) is 0 Å². The minimum absolute atomic E-state index is 0.623. The highest BCUT2D eigenvalue weighted by Gasteiger charge is 2.51. The van der Waals surface area contributed by atoms with Gasteiger partial charge in [-0.05, 0) is 36.7 Å². The molecule has 1 saturated heterocycles. The monoisotopic (exact) mass is 353 g/mol. The Kier molecular flexibility index (Phi) is 3.29. The number of halogens is 1. The van der Waals surface area contributed by atoms with Crippen molar-refractivity contribution in [2.24, 2.45) is 11.3 Å². The number of piperidine rings is 1. The number of hydrogen-bond donors (Lipinski definition) is 1. The van der Waals surface area contributed by atoms with Gasteiger partial charge in [0.15, 0.2) is 0 Å². The van der Waals surface area contributed by atoms with Gasteiger partial charge in [0, 0.05) is 18.7 Å². The number of nitrogens with one attached hydrogen (secondary N) is 1. The normalized spacial score (nSPS) is 21.8. The first-order chi connectivity index (χ1) is 12.2. The molecular weight excluding hydrogens is 334 g/mol. The number of anilines is 1. The molecule has 1 spiro atoms. The molecule has 0 bridgehead atoms. The van der Waals surface area contributed by atoms with Gasteiger partial charge < -0.3 is 4.90 Å². The fourth-order valence-corrected chi connectivity index (χ4v) is 4.45. The van der Waals surface area contributed by atoms with Crippen LogP contribution in [0.1, 0.15) is 26.2 Å². The SMILES string of the molecule is CC1CC12CCN(c1cnc3c(-c4ccccc4Cl)[nH]nc3n1)CC2. The van der Waals surface area contributed by atoms with E-state index in [2.05, 4.69) is 27.0 Å². The predicted octanol–water partition coefficient (Wildman–Crippen LogP) is 4.30. The summed E-state index contributed by atoms with van der Waals surface area (Å²) in [5, 5.41) is 8.09. The van der Waals surface area contributed by atoms with Crippen LogP contribution in [0.4, 0.5) is 5.82 Å². The molecule has 6 heteroatoms. The number of aromatic amines is 1. The molecule has 128 valence electrons. The lowest BCUT2D eigenvalue weighted by molar-refractivity contribution is 0.355. The fraction of sp³-hybridized carbons (Fsp3) is 0.421. The summed E-state index contributed by atoms with van der Waals surface area (Å²) in [6, 6.07) is 7.70. The van der Waals surface area contributed by atoms with Gasteiger partial charge in [0.05, 0.1) is 16.9 Å². The molecular formula is C19H20ClN5. The molecule has 3 aromatic rings. The molecule has 1 aromatic carbocycles. The van der Waals surface area contributed by atoms with Crippen molar-refractivity contribution in [3.05, 3.63) is 35.5 Å². The summed E-state index contributed by atoms with van der Waals surface area (Å²) in [5.41, 5.74) is 3.76. The van der Waals surface area contributed by atoms with E-state index in [1.807, 2.05) is 30.5 Å². The number of rotatable bonds is 2. The molecule has 0 amide bonds. The molecule has 2 fully saturated rings. The van der Waals surface area contributed by atoms with Crippen LogP contribution in [0.5, 0.6) is 0 Å². The molecule has 0 radical (unpaired) electrons. The van der Waals surface area contributed by atoms with Crippen molar-refractivity contribution in [3.8, 4) is 11.3 Å². The summed E-state index contributed by atoms with van der Waals surface area (Å²) in [6.45, 7) is 4.50. The highest BCUT2D eigenvalue weighted by Crippen LogP contribution is 2.59. The molecule has 1 saturated carbocycles. The molecule has 1 unspecified atom stereocenters. The quantitative estimate of drug-likeness (QED) is 0.746. The van der Waals surface area contributed by atoms with Crippen LogP contribution in [-0.4, -0.2) is 33.3 Å². The molecule has 5 nitrogen and oxygen atoms in total. The molecule has 3 heterocycles. The topological polar surface area (TPSA) is 57.7 Å². The minimum Gasteiger partial charge on any atom is -0.355 e. The van der Waals surface area contributed by atoms with Crippen molar-refractivity contribution in [1.29, 1.82) is 0 Å². The third kappa shape index (κ3) is 2.41. The second-order valence-corrected chi connectivity index (χ2v) is 7.84. The zero-order valence-electron chi connectivity index (χ0n) is 14.2. The van der Waals surface area contributed by atoms with E-state index in [9.17, 15) is 0 Å². The molecule has 1 aliphatic carbocycles. The van der Waals surface area contributed by atoms with Crippen molar-refractivity contribution >= 4 is 28.6 Å². The molecule has 1 N–H and O–H groups in total. The van der Waals surface area contributed by atoms with Gasteiger partial charge in [-0.2, -0.15) is 5.10 Å². The lowest BCUT2D eigenvalue weighted by Crippen LogP contribution is -2.35. The van der Waals surface area contributed by atoms with Gasteiger partial charge in [-0.3, -0.25) is 5.10 Å². The number of fused-ring (bicyclic) bond motifs is 1. The van der Waals surface area contributed by atoms with Gasteiger partial charge in [0.2, 0.25) is 5.65 Å². The van der Waals surface area contributed by atoms with Crippen LogP contribution in [-0.2, 0) is 0 Å². The van der Waals surface area contributed by atoms with Crippen LogP contribution in [0.15, 0.2) is 30.5 Å². The van der Waals surface area contributed by atoms with Crippen LogP contribution in [0.25, 0.3) is 22.4 Å². The van der Waals surface area contributed by atoms with Gasteiger partial charge >= 0.3 is 0 Å². The van der Waals surface area contributed by atoms with Gasteiger partial charge in [0.25, 0.3) is 0 Å². The molecule has 5 rings (SSSR count). The smallest absolute Gasteiger partial charge is 0.202 e. The number of benzene rings is 1. The van der Waals surface area contributed by atoms with Crippen molar-refractivity contribution in [3.63, 3.8) is 0 Å². The molecule has 2 aromatic heterocycles.